The van der Waals surface area contributed by atoms with Crippen LogP contribution in [0.15, 0.2) is 42.5 Å². The average Bonchev–Trinajstić information content (AvgIpc) is 3.16. The van der Waals surface area contributed by atoms with Gasteiger partial charge in [-0.1, -0.05) is 18.2 Å². The van der Waals surface area contributed by atoms with Crippen LogP contribution in [-0.2, 0) is 6.54 Å². The van der Waals surface area contributed by atoms with E-state index in [-0.39, 0.29) is 12.7 Å². The molecule has 0 bridgehead atoms. The van der Waals surface area contributed by atoms with E-state index in [1.165, 1.54) is 23.5 Å². The number of rotatable bonds is 4. The Kier molecular flexibility index (Phi) is 5.31. The molecule has 0 saturated carbocycles. The topological polar surface area (TPSA) is 38.8 Å². The molecule has 0 atom stereocenters. The number of nitrogens with zero attached hydrogens (tertiary/aromatic N) is 1. The second-order valence-corrected chi connectivity index (χ2v) is 9.12. The maximum Gasteiger partial charge on any atom is 0.253 e. The van der Waals surface area contributed by atoms with Crippen molar-refractivity contribution >= 4 is 29.4 Å². The van der Waals surface area contributed by atoms with Crippen LogP contribution in [0.5, 0.6) is 11.5 Å². The van der Waals surface area contributed by atoms with E-state index in [4.69, 9.17) is 9.47 Å². The Labute approximate surface area is 162 Å². The standard InChI is InChI=1S/C20H21NO3S2/c1-21(12-14-3-8-17-18(11-14)24-13-23-17)19(22)15-4-6-16(7-5-15)20-25-9-2-10-26-20/h3-8,11,20H,2,9-10,12-13H2,1H3. The molecule has 1 amide bonds. The van der Waals surface area contributed by atoms with Crippen molar-refractivity contribution in [3.8, 4) is 11.5 Å². The highest BCUT2D eigenvalue weighted by molar-refractivity contribution is 8.16. The fourth-order valence-electron chi connectivity index (χ4n) is 3.07. The number of fused-ring (bicyclic) bond motifs is 1. The van der Waals surface area contributed by atoms with Crippen molar-refractivity contribution in [1.82, 2.24) is 4.90 Å². The van der Waals surface area contributed by atoms with Crippen LogP contribution in [-0.4, -0.2) is 36.2 Å². The summed E-state index contributed by atoms with van der Waals surface area (Å²) < 4.78 is 11.2. The molecule has 0 radical (unpaired) electrons. The van der Waals surface area contributed by atoms with Crippen LogP contribution in [0.1, 0.15) is 32.5 Å². The molecule has 4 nitrogen and oxygen atoms in total. The van der Waals surface area contributed by atoms with Crippen LogP contribution in [0.2, 0.25) is 0 Å². The minimum Gasteiger partial charge on any atom is -0.454 e. The Morgan fingerprint density at radius 3 is 2.58 bits per heavy atom. The third kappa shape index (κ3) is 3.81. The van der Waals surface area contributed by atoms with Gasteiger partial charge in [-0.05, 0) is 53.3 Å². The lowest BCUT2D eigenvalue weighted by Crippen LogP contribution is -2.26. The predicted octanol–water partition coefficient (Wildman–Crippen LogP) is 4.56. The number of amides is 1. The van der Waals surface area contributed by atoms with Crippen molar-refractivity contribution in [2.45, 2.75) is 17.5 Å². The second-order valence-electron chi connectivity index (χ2n) is 6.40. The molecule has 2 aliphatic rings. The van der Waals surface area contributed by atoms with E-state index in [1.807, 2.05) is 60.9 Å². The summed E-state index contributed by atoms with van der Waals surface area (Å²) in [5.41, 5.74) is 3.05. The molecular formula is C20H21NO3S2. The van der Waals surface area contributed by atoms with Crippen molar-refractivity contribution in [2.75, 3.05) is 25.3 Å². The first-order valence-electron chi connectivity index (χ1n) is 8.68. The van der Waals surface area contributed by atoms with Crippen molar-refractivity contribution in [3.05, 3.63) is 59.2 Å². The van der Waals surface area contributed by atoms with E-state index < -0.39 is 0 Å². The van der Waals surface area contributed by atoms with Crippen LogP contribution in [0.25, 0.3) is 0 Å². The van der Waals surface area contributed by atoms with Gasteiger partial charge >= 0.3 is 0 Å². The van der Waals surface area contributed by atoms with E-state index in [0.717, 1.165) is 22.6 Å². The Balaban J connectivity index is 1.41. The fraction of sp³-hybridized carbons (Fsp3) is 0.350. The van der Waals surface area contributed by atoms with Gasteiger partial charge in [0.15, 0.2) is 11.5 Å². The molecule has 2 heterocycles. The highest BCUT2D eigenvalue weighted by Crippen LogP contribution is 2.43. The monoisotopic (exact) mass is 387 g/mol. The molecule has 26 heavy (non-hydrogen) atoms. The number of carbonyl (C=O) groups excluding carboxylic acids is 1. The lowest BCUT2D eigenvalue weighted by Gasteiger charge is -2.22. The summed E-state index contributed by atoms with van der Waals surface area (Å²) in [6.45, 7) is 0.795. The zero-order chi connectivity index (χ0) is 17.9. The van der Waals surface area contributed by atoms with Crippen LogP contribution >= 0.6 is 23.5 Å². The summed E-state index contributed by atoms with van der Waals surface area (Å²) >= 11 is 3.99. The highest BCUT2D eigenvalue weighted by atomic mass is 32.2. The summed E-state index contributed by atoms with van der Waals surface area (Å²) in [6, 6.07) is 13.9. The molecule has 6 heteroatoms. The summed E-state index contributed by atoms with van der Waals surface area (Å²) in [5.74, 6) is 3.97. The SMILES string of the molecule is CN(Cc1ccc2c(c1)OCO2)C(=O)c1ccc(C2SCCCS2)cc1. The van der Waals surface area contributed by atoms with E-state index in [9.17, 15) is 4.79 Å². The number of benzene rings is 2. The van der Waals surface area contributed by atoms with Crippen LogP contribution in [0.4, 0.5) is 0 Å². The predicted molar refractivity (Wildman–Crippen MR) is 107 cm³/mol. The van der Waals surface area contributed by atoms with Gasteiger partial charge in [-0.15, -0.1) is 23.5 Å². The van der Waals surface area contributed by atoms with Gasteiger partial charge in [-0.25, -0.2) is 0 Å². The van der Waals surface area contributed by atoms with E-state index in [0.29, 0.717) is 11.1 Å². The largest absolute Gasteiger partial charge is 0.454 e. The summed E-state index contributed by atoms with van der Waals surface area (Å²) in [6.07, 6.45) is 1.28. The van der Waals surface area contributed by atoms with Crippen molar-refractivity contribution in [2.24, 2.45) is 0 Å². The quantitative estimate of drug-likeness (QED) is 0.769. The van der Waals surface area contributed by atoms with Gasteiger partial charge in [0, 0.05) is 19.2 Å². The molecule has 0 unspecified atom stereocenters. The molecule has 1 saturated heterocycles. The highest BCUT2D eigenvalue weighted by Gasteiger charge is 2.19. The van der Waals surface area contributed by atoms with Crippen molar-refractivity contribution < 1.29 is 14.3 Å². The maximum absolute atomic E-state index is 12.7. The Morgan fingerprint density at radius 2 is 1.81 bits per heavy atom. The zero-order valence-corrected chi connectivity index (χ0v) is 16.3. The van der Waals surface area contributed by atoms with Crippen LogP contribution in [0.3, 0.4) is 0 Å². The summed E-state index contributed by atoms with van der Waals surface area (Å²) in [7, 11) is 1.83. The van der Waals surface area contributed by atoms with Gasteiger partial charge < -0.3 is 14.4 Å². The summed E-state index contributed by atoms with van der Waals surface area (Å²) in [5, 5.41) is 0. The van der Waals surface area contributed by atoms with Crippen LogP contribution < -0.4 is 9.47 Å². The zero-order valence-electron chi connectivity index (χ0n) is 14.6. The number of carbonyl (C=O) groups is 1. The first-order chi connectivity index (χ1) is 12.7. The van der Waals surface area contributed by atoms with E-state index in [1.54, 1.807) is 4.90 Å². The Hall–Kier alpha value is -1.79. The summed E-state index contributed by atoms with van der Waals surface area (Å²) in [4.78, 5) is 14.5. The third-order valence-corrected chi connectivity index (χ3v) is 7.48. The first-order valence-corrected chi connectivity index (χ1v) is 10.8. The smallest absolute Gasteiger partial charge is 0.253 e. The molecular weight excluding hydrogens is 366 g/mol. The molecule has 0 spiro atoms. The first kappa shape index (κ1) is 17.6. The minimum atomic E-state index is 0.0261. The van der Waals surface area contributed by atoms with Crippen LogP contribution in [0, 0.1) is 0 Å². The van der Waals surface area contributed by atoms with Gasteiger partial charge in [0.05, 0.1) is 4.58 Å². The van der Waals surface area contributed by atoms with E-state index >= 15 is 0 Å². The molecule has 0 aromatic heterocycles. The molecule has 0 aliphatic carbocycles. The molecule has 2 aromatic rings. The van der Waals surface area contributed by atoms with E-state index in [2.05, 4.69) is 12.1 Å². The molecule has 4 rings (SSSR count). The maximum atomic E-state index is 12.7. The van der Waals surface area contributed by atoms with Gasteiger partial charge in [0.2, 0.25) is 6.79 Å². The lowest BCUT2D eigenvalue weighted by atomic mass is 10.1. The lowest BCUT2D eigenvalue weighted by molar-refractivity contribution is 0.0785. The van der Waals surface area contributed by atoms with Gasteiger partial charge in [0.1, 0.15) is 0 Å². The normalized spacial score (nSPS) is 16.5. The second kappa shape index (κ2) is 7.84. The Bertz CT molecular complexity index is 788. The number of hydrogen-bond acceptors (Lipinski definition) is 5. The van der Waals surface area contributed by atoms with Crippen molar-refractivity contribution in [1.29, 1.82) is 0 Å². The molecule has 2 aromatic carbocycles. The van der Waals surface area contributed by atoms with Gasteiger partial charge in [0.25, 0.3) is 5.91 Å². The molecule has 136 valence electrons. The number of hydrogen-bond donors (Lipinski definition) is 0. The number of ether oxygens (including phenoxy) is 2. The minimum absolute atomic E-state index is 0.0261. The number of thioether (sulfide) groups is 2. The Morgan fingerprint density at radius 1 is 1.08 bits per heavy atom. The van der Waals surface area contributed by atoms with Gasteiger partial charge in [-0.3, -0.25) is 4.79 Å². The fourth-order valence-corrected chi connectivity index (χ4v) is 5.96. The molecule has 1 fully saturated rings. The van der Waals surface area contributed by atoms with Crippen molar-refractivity contribution in [3.63, 3.8) is 0 Å². The molecule has 0 N–H and O–H groups in total. The van der Waals surface area contributed by atoms with Gasteiger partial charge in [-0.2, -0.15) is 0 Å². The average molecular weight is 388 g/mol. The third-order valence-electron chi connectivity index (χ3n) is 4.46. The molecule has 2 aliphatic heterocycles.